The summed E-state index contributed by atoms with van der Waals surface area (Å²) in [5, 5.41) is 11.7. The molecule has 1 amide bonds. The number of nitrogen functional groups attached to an aromatic ring is 1. The summed E-state index contributed by atoms with van der Waals surface area (Å²) in [6, 6.07) is 4.73. The number of carbonyl (C=O) groups excluding carboxylic acids is 1. The van der Waals surface area contributed by atoms with Crippen LogP contribution in [0.5, 0.6) is 0 Å². The van der Waals surface area contributed by atoms with Crippen LogP contribution < -0.4 is 11.1 Å². The van der Waals surface area contributed by atoms with Crippen LogP contribution in [0.4, 0.5) is 5.69 Å². The average Bonchev–Trinajstić information content (AvgIpc) is 2.22. The lowest BCUT2D eigenvalue weighted by Crippen LogP contribution is -2.25. The van der Waals surface area contributed by atoms with Crippen molar-refractivity contribution in [1.29, 1.82) is 0 Å². The van der Waals surface area contributed by atoms with Crippen LogP contribution in [0.1, 0.15) is 16.8 Å². The fraction of sp³-hybridized carbons (Fsp3) is 0.300. The maximum atomic E-state index is 11.6. The van der Waals surface area contributed by atoms with Gasteiger partial charge < -0.3 is 16.2 Å². The van der Waals surface area contributed by atoms with Crippen LogP contribution in [0.15, 0.2) is 18.2 Å². The molecular weight excluding hydrogens is 216 g/mol. The Bertz CT molecular complexity index is 355. The molecule has 1 aromatic rings. The van der Waals surface area contributed by atoms with Gasteiger partial charge in [0.25, 0.3) is 5.91 Å². The molecule has 0 aliphatic heterocycles. The fourth-order valence-electron chi connectivity index (χ4n) is 1.10. The Morgan fingerprint density at radius 3 is 2.93 bits per heavy atom. The van der Waals surface area contributed by atoms with Crippen molar-refractivity contribution in [3.63, 3.8) is 0 Å². The van der Waals surface area contributed by atoms with Crippen molar-refractivity contribution in [2.75, 3.05) is 18.9 Å². The first-order valence-electron chi connectivity index (χ1n) is 4.59. The SMILES string of the molecule is Nc1ccc(Cl)cc1C(=O)NCCCO. The Morgan fingerprint density at radius 2 is 2.27 bits per heavy atom. The van der Waals surface area contributed by atoms with Gasteiger partial charge in [0.2, 0.25) is 0 Å². The molecular formula is C10H13ClN2O2. The second kappa shape index (κ2) is 5.58. The van der Waals surface area contributed by atoms with Gasteiger partial charge in [0.15, 0.2) is 0 Å². The van der Waals surface area contributed by atoms with Crippen molar-refractivity contribution in [2.45, 2.75) is 6.42 Å². The molecule has 4 nitrogen and oxygen atoms in total. The van der Waals surface area contributed by atoms with Gasteiger partial charge in [0.05, 0.1) is 5.56 Å². The number of aliphatic hydroxyl groups excluding tert-OH is 1. The fourth-order valence-corrected chi connectivity index (χ4v) is 1.27. The van der Waals surface area contributed by atoms with E-state index in [1.54, 1.807) is 12.1 Å². The Balaban J connectivity index is 2.68. The van der Waals surface area contributed by atoms with E-state index in [9.17, 15) is 4.79 Å². The van der Waals surface area contributed by atoms with Gasteiger partial charge in [-0.3, -0.25) is 4.79 Å². The van der Waals surface area contributed by atoms with Gasteiger partial charge in [0, 0.05) is 23.9 Å². The predicted molar refractivity (Wildman–Crippen MR) is 59.9 cm³/mol. The number of amides is 1. The van der Waals surface area contributed by atoms with Crippen LogP contribution in [0.25, 0.3) is 0 Å². The molecule has 0 radical (unpaired) electrons. The molecule has 4 N–H and O–H groups in total. The Labute approximate surface area is 93.0 Å². The van der Waals surface area contributed by atoms with E-state index in [1.165, 1.54) is 6.07 Å². The molecule has 0 atom stereocenters. The van der Waals surface area contributed by atoms with E-state index in [2.05, 4.69) is 5.32 Å². The first-order valence-corrected chi connectivity index (χ1v) is 4.97. The van der Waals surface area contributed by atoms with E-state index in [-0.39, 0.29) is 12.5 Å². The number of nitrogens with one attached hydrogen (secondary N) is 1. The number of hydrogen-bond donors (Lipinski definition) is 3. The summed E-state index contributed by atoms with van der Waals surface area (Å²) in [6.07, 6.45) is 0.520. The van der Waals surface area contributed by atoms with Gasteiger partial charge >= 0.3 is 0 Å². The molecule has 5 heteroatoms. The zero-order valence-electron chi connectivity index (χ0n) is 8.16. The minimum Gasteiger partial charge on any atom is -0.398 e. The number of aliphatic hydroxyl groups is 1. The van der Waals surface area contributed by atoms with Crippen LogP contribution in [0.3, 0.4) is 0 Å². The summed E-state index contributed by atoms with van der Waals surface area (Å²) in [7, 11) is 0. The van der Waals surface area contributed by atoms with Crippen molar-refractivity contribution < 1.29 is 9.90 Å². The smallest absolute Gasteiger partial charge is 0.253 e. The number of benzene rings is 1. The van der Waals surface area contributed by atoms with Crippen molar-refractivity contribution in [1.82, 2.24) is 5.32 Å². The lowest BCUT2D eigenvalue weighted by Gasteiger charge is -2.06. The van der Waals surface area contributed by atoms with E-state index < -0.39 is 0 Å². The molecule has 0 saturated carbocycles. The summed E-state index contributed by atoms with van der Waals surface area (Å²) in [5.41, 5.74) is 6.38. The zero-order chi connectivity index (χ0) is 11.3. The number of nitrogens with two attached hydrogens (primary N) is 1. The minimum absolute atomic E-state index is 0.0469. The van der Waals surface area contributed by atoms with E-state index in [0.717, 1.165) is 0 Å². The Morgan fingerprint density at radius 1 is 1.53 bits per heavy atom. The number of anilines is 1. The van der Waals surface area contributed by atoms with Crippen LogP contribution in [0, 0.1) is 0 Å². The number of rotatable bonds is 4. The Hall–Kier alpha value is -1.26. The third-order valence-electron chi connectivity index (χ3n) is 1.88. The number of hydrogen-bond acceptors (Lipinski definition) is 3. The van der Waals surface area contributed by atoms with Gasteiger partial charge in [-0.2, -0.15) is 0 Å². The van der Waals surface area contributed by atoms with E-state index >= 15 is 0 Å². The second-order valence-corrected chi connectivity index (χ2v) is 3.50. The summed E-state index contributed by atoms with van der Waals surface area (Å²) >= 11 is 5.75. The molecule has 0 saturated heterocycles. The molecule has 1 aromatic carbocycles. The van der Waals surface area contributed by atoms with E-state index in [0.29, 0.717) is 29.2 Å². The van der Waals surface area contributed by atoms with Crippen molar-refractivity contribution in [3.05, 3.63) is 28.8 Å². The lowest BCUT2D eigenvalue weighted by molar-refractivity contribution is 0.0952. The molecule has 82 valence electrons. The maximum absolute atomic E-state index is 11.6. The molecule has 15 heavy (non-hydrogen) atoms. The molecule has 0 spiro atoms. The highest BCUT2D eigenvalue weighted by molar-refractivity contribution is 6.31. The van der Waals surface area contributed by atoms with Crippen LogP contribution in [-0.2, 0) is 0 Å². The highest BCUT2D eigenvalue weighted by atomic mass is 35.5. The summed E-state index contributed by atoms with van der Waals surface area (Å²) in [5.74, 6) is -0.275. The van der Waals surface area contributed by atoms with Crippen molar-refractivity contribution in [2.24, 2.45) is 0 Å². The zero-order valence-corrected chi connectivity index (χ0v) is 8.92. The normalized spacial score (nSPS) is 10.0. The van der Waals surface area contributed by atoms with Gasteiger partial charge in [-0.15, -0.1) is 0 Å². The summed E-state index contributed by atoms with van der Waals surface area (Å²) in [4.78, 5) is 11.6. The molecule has 0 bridgehead atoms. The van der Waals surface area contributed by atoms with Gasteiger partial charge in [-0.05, 0) is 24.6 Å². The van der Waals surface area contributed by atoms with Crippen LogP contribution in [0.2, 0.25) is 5.02 Å². The lowest BCUT2D eigenvalue weighted by atomic mass is 10.1. The molecule has 0 fully saturated rings. The first-order chi connectivity index (χ1) is 7.15. The largest absolute Gasteiger partial charge is 0.398 e. The van der Waals surface area contributed by atoms with Crippen LogP contribution in [-0.4, -0.2) is 24.2 Å². The highest BCUT2D eigenvalue weighted by Gasteiger charge is 2.09. The molecule has 0 unspecified atom stereocenters. The maximum Gasteiger partial charge on any atom is 0.253 e. The molecule has 0 aliphatic carbocycles. The molecule has 0 aromatic heterocycles. The predicted octanol–water partition coefficient (Wildman–Crippen LogP) is 1.03. The minimum atomic E-state index is -0.275. The van der Waals surface area contributed by atoms with Gasteiger partial charge in [0.1, 0.15) is 0 Å². The number of carbonyl (C=O) groups is 1. The summed E-state index contributed by atoms with van der Waals surface area (Å²) in [6.45, 7) is 0.465. The van der Waals surface area contributed by atoms with Crippen molar-refractivity contribution in [3.8, 4) is 0 Å². The third-order valence-corrected chi connectivity index (χ3v) is 2.12. The quantitative estimate of drug-likeness (QED) is 0.532. The Kier molecular flexibility index (Phi) is 4.39. The average molecular weight is 229 g/mol. The summed E-state index contributed by atoms with van der Waals surface area (Å²) < 4.78 is 0. The highest BCUT2D eigenvalue weighted by Crippen LogP contribution is 2.17. The third kappa shape index (κ3) is 3.42. The van der Waals surface area contributed by atoms with Crippen LogP contribution >= 0.6 is 11.6 Å². The van der Waals surface area contributed by atoms with Gasteiger partial charge in [-0.25, -0.2) is 0 Å². The topological polar surface area (TPSA) is 75.4 Å². The first kappa shape index (κ1) is 11.8. The standard InChI is InChI=1S/C10H13ClN2O2/c11-7-2-3-9(12)8(6-7)10(15)13-4-1-5-14/h2-3,6,14H,1,4-5,12H2,(H,13,15). The molecule has 1 rings (SSSR count). The van der Waals surface area contributed by atoms with E-state index in [4.69, 9.17) is 22.4 Å². The van der Waals surface area contributed by atoms with Gasteiger partial charge in [-0.1, -0.05) is 11.6 Å². The molecule has 0 heterocycles. The van der Waals surface area contributed by atoms with E-state index in [1.807, 2.05) is 0 Å². The molecule has 0 aliphatic rings. The monoisotopic (exact) mass is 228 g/mol. The number of halogens is 1. The van der Waals surface area contributed by atoms with Crippen molar-refractivity contribution >= 4 is 23.2 Å². The second-order valence-electron chi connectivity index (χ2n) is 3.06.